The Labute approximate surface area is 133 Å². The van der Waals surface area contributed by atoms with E-state index in [-0.39, 0.29) is 17.4 Å². The molecule has 1 N–H and O–H groups in total. The molecule has 0 amide bonds. The van der Waals surface area contributed by atoms with Crippen molar-refractivity contribution >= 4 is 6.16 Å². The minimum Gasteiger partial charge on any atom is -0.450 e. The van der Waals surface area contributed by atoms with E-state index in [4.69, 9.17) is 14.2 Å². The van der Waals surface area contributed by atoms with Crippen molar-refractivity contribution in [3.63, 3.8) is 0 Å². The standard InChI is InChI=1S/C17H30O5/c1-11(2)17(13-10-20-15(4,5)21-13)8-7-12(3)9-16(17,6)22-14(18)19/h11-13H,7-10H2,1-6H3,(H,18,19)/t12-,13?,16-,17+/m1/s1. The Morgan fingerprint density at radius 2 is 1.95 bits per heavy atom. The van der Waals surface area contributed by atoms with E-state index < -0.39 is 17.5 Å². The van der Waals surface area contributed by atoms with E-state index in [1.807, 2.05) is 20.8 Å². The van der Waals surface area contributed by atoms with Gasteiger partial charge in [0.15, 0.2) is 5.79 Å². The first kappa shape index (κ1) is 17.5. The minimum absolute atomic E-state index is 0.153. The van der Waals surface area contributed by atoms with E-state index in [0.717, 1.165) is 19.3 Å². The van der Waals surface area contributed by atoms with Crippen LogP contribution in [0.4, 0.5) is 4.79 Å². The Balaban J connectivity index is 2.43. The van der Waals surface area contributed by atoms with E-state index in [2.05, 4.69) is 20.8 Å². The van der Waals surface area contributed by atoms with Crippen LogP contribution >= 0.6 is 0 Å². The van der Waals surface area contributed by atoms with Crippen LogP contribution in [0.2, 0.25) is 0 Å². The van der Waals surface area contributed by atoms with Crippen molar-refractivity contribution in [2.24, 2.45) is 17.3 Å². The van der Waals surface area contributed by atoms with Gasteiger partial charge in [-0.1, -0.05) is 20.8 Å². The molecule has 2 fully saturated rings. The third-order valence-corrected chi connectivity index (χ3v) is 5.70. The van der Waals surface area contributed by atoms with Crippen molar-refractivity contribution in [2.45, 2.75) is 78.3 Å². The lowest BCUT2D eigenvalue weighted by Crippen LogP contribution is -2.62. The molecule has 2 rings (SSSR count). The largest absolute Gasteiger partial charge is 0.506 e. The highest BCUT2D eigenvalue weighted by Gasteiger charge is 2.62. The van der Waals surface area contributed by atoms with Gasteiger partial charge in [-0.05, 0) is 51.9 Å². The van der Waals surface area contributed by atoms with Crippen LogP contribution < -0.4 is 0 Å². The van der Waals surface area contributed by atoms with Gasteiger partial charge < -0.3 is 19.3 Å². The fourth-order valence-corrected chi connectivity index (χ4v) is 4.75. The van der Waals surface area contributed by atoms with Gasteiger partial charge in [0.25, 0.3) is 0 Å². The van der Waals surface area contributed by atoms with E-state index in [1.54, 1.807) is 0 Å². The molecule has 128 valence electrons. The maximum Gasteiger partial charge on any atom is 0.506 e. The molecule has 0 radical (unpaired) electrons. The number of hydrogen-bond acceptors (Lipinski definition) is 4. The third kappa shape index (κ3) is 2.85. The smallest absolute Gasteiger partial charge is 0.450 e. The van der Waals surface area contributed by atoms with Gasteiger partial charge >= 0.3 is 6.16 Å². The fraction of sp³-hybridized carbons (Fsp3) is 0.941. The summed E-state index contributed by atoms with van der Waals surface area (Å²) in [6, 6.07) is 0. The first-order valence-electron chi connectivity index (χ1n) is 8.26. The Hall–Kier alpha value is -0.810. The molecule has 0 aromatic carbocycles. The molecule has 0 bridgehead atoms. The number of carbonyl (C=O) groups is 1. The lowest BCUT2D eigenvalue weighted by atomic mass is 9.54. The van der Waals surface area contributed by atoms with Crippen molar-refractivity contribution < 1.29 is 24.1 Å². The van der Waals surface area contributed by atoms with Crippen LogP contribution in [-0.4, -0.2) is 35.4 Å². The van der Waals surface area contributed by atoms with Crippen molar-refractivity contribution in [1.82, 2.24) is 0 Å². The zero-order valence-electron chi connectivity index (χ0n) is 14.6. The van der Waals surface area contributed by atoms with Gasteiger partial charge in [0.2, 0.25) is 0 Å². The normalized spacial score (nSPS) is 41.6. The number of hydrogen-bond donors (Lipinski definition) is 1. The summed E-state index contributed by atoms with van der Waals surface area (Å²) in [6.07, 6.45) is 1.30. The van der Waals surface area contributed by atoms with Crippen LogP contribution in [-0.2, 0) is 14.2 Å². The molecular formula is C17H30O5. The van der Waals surface area contributed by atoms with Crippen LogP contribution in [0.1, 0.15) is 60.8 Å². The summed E-state index contributed by atoms with van der Waals surface area (Å²) >= 11 is 0. The molecule has 4 atom stereocenters. The maximum absolute atomic E-state index is 11.3. The molecule has 0 aromatic rings. The predicted octanol–water partition coefficient (Wildman–Crippen LogP) is 4.05. The number of rotatable bonds is 3. The highest BCUT2D eigenvalue weighted by Crippen LogP contribution is 2.57. The first-order chi connectivity index (χ1) is 10.0. The molecule has 1 saturated heterocycles. The molecule has 1 aliphatic carbocycles. The summed E-state index contributed by atoms with van der Waals surface area (Å²) in [5.74, 6) is 0.0399. The third-order valence-electron chi connectivity index (χ3n) is 5.70. The van der Waals surface area contributed by atoms with E-state index >= 15 is 0 Å². The Morgan fingerprint density at radius 3 is 2.41 bits per heavy atom. The second kappa shape index (κ2) is 5.68. The van der Waals surface area contributed by atoms with Crippen LogP contribution in [0.15, 0.2) is 0 Å². The van der Waals surface area contributed by atoms with Crippen LogP contribution in [0.3, 0.4) is 0 Å². The SMILES string of the molecule is CC(C)[C@]1(C2COC(C)(C)O2)CC[C@@H](C)C[C@@]1(C)OC(=O)O. The summed E-state index contributed by atoms with van der Waals surface area (Å²) in [5, 5.41) is 9.28. The molecule has 0 aromatic heterocycles. The molecule has 5 nitrogen and oxygen atoms in total. The lowest BCUT2D eigenvalue weighted by molar-refractivity contribution is -0.220. The van der Waals surface area contributed by atoms with E-state index in [9.17, 15) is 9.90 Å². The second-order valence-electron chi connectivity index (χ2n) is 7.96. The highest BCUT2D eigenvalue weighted by atomic mass is 16.7. The van der Waals surface area contributed by atoms with Gasteiger partial charge in [0.1, 0.15) is 5.60 Å². The average Bonchev–Trinajstić information content (AvgIpc) is 2.68. The number of carboxylic acid groups (broad SMARTS) is 1. The van der Waals surface area contributed by atoms with Gasteiger partial charge in [0.05, 0.1) is 12.7 Å². The van der Waals surface area contributed by atoms with Crippen molar-refractivity contribution in [3.05, 3.63) is 0 Å². The highest BCUT2D eigenvalue weighted by molar-refractivity contribution is 5.58. The summed E-state index contributed by atoms with van der Waals surface area (Å²) in [6.45, 7) is 12.7. The molecule has 1 aliphatic heterocycles. The quantitative estimate of drug-likeness (QED) is 0.796. The zero-order chi connectivity index (χ0) is 16.8. The van der Waals surface area contributed by atoms with Crippen molar-refractivity contribution in [3.8, 4) is 0 Å². The first-order valence-corrected chi connectivity index (χ1v) is 8.26. The summed E-state index contributed by atoms with van der Waals surface area (Å²) in [7, 11) is 0. The maximum atomic E-state index is 11.3. The van der Waals surface area contributed by atoms with Gasteiger partial charge in [-0.2, -0.15) is 0 Å². The van der Waals surface area contributed by atoms with Crippen molar-refractivity contribution in [1.29, 1.82) is 0 Å². The molecule has 1 saturated carbocycles. The molecular weight excluding hydrogens is 284 g/mol. The van der Waals surface area contributed by atoms with Gasteiger partial charge in [-0.25, -0.2) is 4.79 Å². The Bertz CT molecular complexity index is 433. The summed E-state index contributed by atoms with van der Waals surface area (Å²) in [4.78, 5) is 11.3. The van der Waals surface area contributed by atoms with Gasteiger partial charge in [-0.15, -0.1) is 0 Å². The minimum atomic E-state index is -1.21. The van der Waals surface area contributed by atoms with E-state index in [0.29, 0.717) is 12.5 Å². The number of ether oxygens (including phenoxy) is 3. The van der Waals surface area contributed by atoms with Crippen LogP contribution in [0.5, 0.6) is 0 Å². The van der Waals surface area contributed by atoms with Crippen LogP contribution in [0.25, 0.3) is 0 Å². The lowest BCUT2D eigenvalue weighted by Gasteiger charge is -2.56. The predicted molar refractivity (Wildman–Crippen MR) is 82.7 cm³/mol. The van der Waals surface area contributed by atoms with Gasteiger partial charge in [-0.3, -0.25) is 0 Å². The second-order valence-corrected chi connectivity index (χ2v) is 7.96. The van der Waals surface area contributed by atoms with Gasteiger partial charge in [0, 0.05) is 5.41 Å². The topological polar surface area (TPSA) is 65.0 Å². The summed E-state index contributed by atoms with van der Waals surface area (Å²) < 4.78 is 17.4. The molecule has 22 heavy (non-hydrogen) atoms. The van der Waals surface area contributed by atoms with E-state index in [1.165, 1.54) is 0 Å². The molecule has 5 heteroatoms. The Morgan fingerprint density at radius 1 is 1.32 bits per heavy atom. The molecule has 1 unspecified atom stereocenters. The molecule has 0 spiro atoms. The molecule has 2 aliphatic rings. The monoisotopic (exact) mass is 314 g/mol. The van der Waals surface area contributed by atoms with Crippen molar-refractivity contribution in [2.75, 3.05) is 6.61 Å². The average molecular weight is 314 g/mol. The summed E-state index contributed by atoms with van der Waals surface area (Å²) in [5.41, 5.74) is -1.13. The zero-order valence-corrected chi connectivity index (χ0v) is 14.6. The van der Waals surface area contributed by atoms with Crippen LogP contribution in [0, 0.1) is 17.3 Å². The fourth-order valence-electron chi connectivity index (χ4n) is 4.75. The Kier molecular flexibility index (Phi) is 4.53. The molecule has 1 heterocycles.